The number of rotatable bonds is 7. The van der Waals surface area contributed by atoms with Crippen molar-refractivity contribution in [1.82, 2.24) is 19.5 Å². The molecule has 0 amide bonds. The second-order valence-corrected chi connectivity index (χ2v) is 6.84. The second-order valence-electron chi connectivity index (χ2n) is 6.09. The topological polar surface area (TPSA) is 58.9 Å². The first-order chi connectivity index (χ1) is 13.8. The van der Waals surface area contributed by atoms with Gasteiger partial charge in [-0.1, -0.05) is 6.58 Å². The van der Waals surface area contributed by atoms with E-state index in [2.05, 4.69) is 30.5 Å². The van der Waals surface area contributed by atoms with Crippen molar-refractivity contribution in [1.29, 1.82) is 0 Å². The molecule has 4 aromatic rings. The van der Waals surface area contributed by atoms with Crippen molar-refractivity contribution in [2.24, 2.45) is 4.40 Å². The summed E-state index contributed by atoms with van der Waals surface area (Å²) in [5.41, 5.74) is 4.50. The van der Waals surface area contributed by atoms with E-state index >= 15 is 0 Å². The van der Waals surface area contributed by atoms with Crippen molar-refractivity contribution in [3.05, 3.63) is 72.9 Å². The molecule has 0 aliphatic heterocycles. The Bertz CT molecular complexity index is 1130. The zero-order valence-corrected chi connectivity index (χ0v) is 15.9. The number of aromatic nitrogens is 4. The molecule has 0 aliphatic rings. The number of nitrogens with zero attached hydrogens (tertiary/aromatic N) is 4. The van der Waals surface area contributed by atoms with E-state index in [0.29, 0.717) is 0 Å². The Morgan fingerprint density at radius 1 is 1.18 bits per heavy atom. The first-order valence-corrected chi connectivity index (χ1v) is 9.63. The monoisotopic (exact) mass is 391 g/mol. The first kappa shape index (κ1) is 18.2. The Labute approximate surface area is 166 Å². The lowest BCUT2D eigenvalue weighted by Gasteiger charge is -2.11. The summed E-state index contributed by atoms with van der Waals surface area (Å²) < 4.78 is 19.7. The number of aryl methyl sites for hydroxylation is 1. The standard InChI is InChI=1S/C21H18FN5S/c1-2-28-26-10-3-13-27-14-25-19(15-4-6-16(22)7-5-15)20(27)17-8-11-23-21-18(17)9-12-24-21/h2,4-12,14H,1,3,13H2,(H,23,24). The maximum atomic E-state index is 13.4. The number of nitrogens with one attached hydrogen (secondary N) is 1. The van der Waals surface area contributed by atoms with Crippen LogP contribution < -0.4 is 0 Å². The van der Waals surface area contributed by atoms with E-state index < -0.39 is 0 Å². The van der Waals surface area contributed by atoms with E-state index in [4.69, 9.17) is 0 Å². The van der Waals surface area contributed by atoms with Crippen molar-refractivity contribution in [3.63, 3.8) is 0 Å². The number of aromatic amines is 1. The minimum absolute atomic E-state index is 0.266. The molecule has 3 aromatic heterocycles. The van der Waals surface area contributed by atoms with E-state index in [1.54, 1.807) is 23.7 Å². The highest BCUT2D eigenvalue weighted by Crippen LogP contribution is 2.35. The summed E-state index contributed by atoms with van der Waals surface area (Å²) in [7, 11) is 0. The van der Waals surface area contributed by atoms with Crippen LogP contribution in [0.5, 0.6) is 0 Å². The first-order valence-electron chi connectivity index (χ1n) is 8.80. The average Bonchev–Trinajstić information content (AvgIpc) is 3.35. The third-order valence-electron chi connectivity index (χ3n) is 4.38. The number of H-pyrrole nitrogens is 1. The fourth-order valence-electron chi connectivity index (χ4n) is 3.16. The molecule has 4 rings (SSSR count). The van der Waals surface area contributed by atoms with E-state index in [1.807, 2.05) is 30.9 Å². The molecule has 0 fully saturated rings. The molecule has 3 heterocycles. The van der Waals surface area contributed by atoms with Crippen LogP contribution in [0, 0.1) is 5.82 Å². The van der Waals surface area contributed by atoms with Crippen molar-refractivity contribution >= 4 is 29.2 Å². The van der Waals surface area contributed by atoms with Crippen LogP contribution in [0.1, 0.15) is 6.42 Å². The zero-order valence-electron chi connectivity index (χ0n) is 15.0. The molecule has 140 valence electrons. The normalized spacial score (nSPS) is 11.5. The van der Waals surface area contributed by atoms with E-state index in [-0.39, 0.29) is 5.82 Å². The number of imidazole rings is 1. The predicted octanol–water partition coefficient (Wildman–Crippen LogP) is 5.49. The molecule has 0 spiro atoms. The number of benzene rings is 1. The van der Waals surface area contributed by atoms with Crippen LogP contribution in [-0.4, -0.2) is 25.7 Å². The third-order valence-corrected chi connectivity index (χ3v) is 4.80. The van der Waals surface area contributed by atoms with E-state index in [1.165, 1.54) is 24.1 Å². The van der Waals surface area contributed by atoms with Crippen LogP contribution >= 0.6 is 11.9 Å². The molecule has 7 heteroatoms. The summed E-state index contributed by atoms with van der Waals surface area (Å²) in [4.78, 5) is 12.2. The summed E-state index contributed by atoms with van der Waals surface area (Å²) >= 11 is 1.31. The Morgan fingerprint density at radius 3 is 2.86 bits per heavy atom. The largest absolute Gasteiger partial charge is 0.346 e. The Balaban J connectivity index is 1.80. The SMILES string of the molecule is C=CSN=CCCn1cnc(-c2ccc(F)cc2)c1-c1ccnc2[nH]ccc12. The number of fused-ring (bicyclic) bond motifs is 1. The van der Waals surface area contributed by atoms with Gasteiger partial charge in [-0.15, -0.1) is 0 Å². The van der Waals surface area contributed by atoms with Gasteiger partial charge in [0.2, 0.25) is 0 Å². The molecule has 0 unspecified atom stereocenters. The van der Waals surface area contributed by atoms with Crippen LogP contribution in [0.25, 0.3) is 33.5 Å². The van der Waals surface area contributed by atoms with Crippen LogP contribution in [0.15, 0.2) is 71.5 Å². The van der Waals surface area contributed by atoms with Crippen molar-refractivity contribution in [2.45, 2.75) is 13.0 Å². The molecule has 0 radical (unpaired) electrons. The van der Waals surface area contributed by atoms with Crippen molar-refractivity contribution in [3.8, 4) is 22.5 Å². The van der Waals surface area contributed by atoms with Crippen LogP contribution in [-0.2, 0) is 6.54 Å². The van der Waals surface area contributed by atoms with Gasteiger partial charge in [0, 0.05) is 60.0 Å². The molecular formula is C21H18FN5S. The molecule has 1 aromatic carbocycles. The summed E-state index contributed by atoms with van der Waals surface area (Å²) in [5, 5.41) is 2.70. The lowest BCUT2D eigenvalue weighted by atomic mass is 10.0. The zero-order chi connectivity index (χ0) is 19.3. The average molecular weight is 391 g/mol. The lowest BCUT2D eigenvalue weighted by molar-refractivity contribution is 0.628. The maximum Gasteiger partial charge on any atom is 0.137 e. The fourth-order valence-corrected chi connectivity index (χ4v) is 3.43. The van der Waals surface area contributed by atoms with Crippen molar-refractivity contribution in [2.75, 3.05) is 0 Å². The minimum Gasteiger partial charge on any atom is -0.346 e. The molecule has 0 bridgehead atoms. The van der Waals surface area contributed by atoms with Gasteiger partial charge >= 0.3 is 0 Å². The molecule has 0 saturated carbocycles. The molecule has 28 heavy (non-hydrogen) atoms. The number of halogens is 1. The number of pyridine rings is 1. The van der Waals surface area contributed by atoms with Gasteiger partial charge in [0.25, 0.3) is 0 Å². The number of hydrogen-bond acceptors (Lipinski definition) is 4. The van der Waals surface area contributed by atoms with Gasteiger partial charge in [0.1, 0.15) is 11.5 Å². The highest BCUT2D eigenvalue weighted by atomic mass is 32.2. The summed E-state index contributed by atoms with van der Waals surface area (Å²) in [6, 6.07) is 10.4. The molecule has 1 N–H and O–H groups in total. The smallest absolute Gasteiger partial charge is 0.137 e. The summed E-state index contributed by atoms with van der Waals surface area (Å²) in [6.07, 6.45) is 8.10. The molecular weight excluding hydrogens is 373 g/mol. The van der Waals surface area contributed by atoms with Crippen LogP contribution in [0.4, 0.5) is 4.39 Å². The minimum atomic E-state index is -0.266. The van der Waals surface area contributed by atoms with Gasteiger partial charge in [-0.05, 0) is 41.8 Å². The predicted molar refractivity (Wildman–Crippen MR) is 114 cm³/mol. The van der Waals surface area contributed by atoms with Gasteiger partial charge in [0.15, 0.2) is 0 Å². The van der Waals surface area contributed by atoms with Gasteiger partial charge < -0.3 is 9.55 Å². The molecule has 0 atom stereocenters. The fraction of sp³-hybridized carbons (Fsp3) is 0.0952. The van der Waals surface area contributed by atoms with Gasteiger partial charge in [-0.3, -0.25) is 0 Å². The van der Waals surface area contributed by atoms with E-state index in [0.717, 1.165) is 46.5 Å². The summed E-state index contributed by atoms with van der Waals surface area (Å²) in [5.74, 6) is -0.266. The Kier molecular flexibility index (Phi) is 5.34. The molecule has 5 nitrogen and oxygen atoms in total. The molecule has 0 aliphatic carbocycles. The maximum absolute atomic E-state index is 13.4. The second kappa shape index (κ2) is 8.22. The van der Waals surface area contributed by atoms with Gasteiger partial charge in [-0.2, -0.15) is 0 Å². The van der Waals surface area contributed by atoms with Crippen LogP contribution in [0.2, 0.25) is 0 Å². The summed E-state index contributed by atoms with van der Waals surface area (Å²) in [6.45, 7) is 4.36. The van der Waals surface area contributed by atoms with Crippen LogP contribution in [0.3, 0.4) is 0 Å². The highest BCUT2D eigenvalue weighted by Gasteiger charge is 2.17. The third kappa shape index (κ3) is 3.61. The van der Waals surface area contributed by atoms with E-state index in [9.17, 15) is 4.39 Å². The quantitative estimate of drug-likeness (QED) is 0.335. The van der Waals surface area contributed by atoms with Crippen molar-refractivity contribution < 1.29 is 4.39 Å². The number of hydrogen-bond donors (Lipinski definition) is 1. The van der Waals surface area contributed by atoms with Gasteiger partial charge in [0.05, 0.1) is 17.7 Å². The van der Waals surface area contributed by atoms with Gasteiger partial charge in [-0.25, -0.2) is 18.8 Å². The highest BCUT2D eigenvalue weighted by molar-refractivity contribution is 8.00. The lowest BCUT2D eigenvalue weighted by Crippen LogP contribution is -2.00. The Hall–Kier alpha value is -3.19. The Morgan fingerprint density at radius 2 is 2.04 bits per heavy atom. The molecule has 0 saturated heterocycles.